The molecule has 0 unspecified atom stereocenters. The maximum absolute atomic E-state index is 11.3. The smallest absolute Gasteiger partial charge is 0.0875 e. The predicted octanol–water partition coefficient (Wildman–Crippen LogP) is 4.73. The summed E-state index contributed by atoms with van der Waals surface area (Å²) in [5.74, 6) is 0.493. The summed E-state index contributed by atoms with van der Waals surface area (Å²) in [5.41, 5.74) is 0.644. The lowest BCUT2D eigenvalue weighted by Gasteiger charge is -2.49. The van der Waals surface area contributed by atoms with Crippen molar-refractivity contribution in [2.45, 2.75) is 56.6 Å². The van der Waals surface area contributed by atoms with Gasteiger partial charge in [-0.25, -0.2) is 0 Å². The Kier molecular flexibility index (Phi) is 3.57. The molecule has 2 saturated carbocycles. The van der Waals surface area contributed by atoms with Crippen molar-refractivity contribution < 1.29 is 5.11 Å². The molecule has 0 spiro atoms. The van der Waals surface area contributed by atoms with Gasteiger partial charge in [0.2, 0.25) is 0 Å². The fourth-order valence-corrected chi connectivity index (χ4v) is 4.60. The van der Waals surface area contributed by atoms with Crippen molar-refractivity contribution in [2.75, 3.05) is 5.32 Å². The number of nitrogens with one attached hydrogen (secondary N) is 1. The van der Waals surface area contributed by atoms with E-state index in [1.165, 1.54) is 42.9 Å². The molecule has 116 valence electrons. The number of aliphatic hydroxyl groups is 1. The molecule has 0 heterocycles. The Bertz CT molecular complexity index is 666. The summed E-state index contributed by atoms with van der Waals surface area (Å²) in [4.78, 5) is 0. The summed E-state index contributed by atoms with van der Waals surface area (Å²) in [7, 11) is 0. The summed E-state index contributed by atoms with van der Waals surface area (Å²) in [6, 6.07) is 15.2. The Labute approximate surface area is 132 Å². The van der Waals surface area contributed by atoms with Crippen LogP contribution in [0, 0.1) is 5.92 Å². The average Bonchev–Trinajstić information content (AvgIpc) is 2.55. The van der Waals surface area contributed by atoms with Crippen LogP contribution in [0.5, 0.6) is 0 Å². The van der Waals surface area contributed by atoms with E-state index in [1.54, 1.807) is 0 Å². The van der Waals surface area contributed by atoms with Crippen molar-refractivity contribution in [1.82, 2.24) is 0 Å². The number of hydrogen-bond donors (Lipinski definition) is 2. The molecule has 2 nitrogen and oxygen atoms in total. The first kappa shape index (κ1) is 14.1. The molecule has 0 radical (unpaired) electrons. The van der Waals surface area contributed by atoms with Crippen molar-refractivity contribution in [3.8, 4) is 0 Å². The second-order valence-corrected chi connectivity index (χ2v) is 7.12. The molecule has 2 aliphatic rings. The predicted molar refractivity (Wildman–Crippen MR) is 92.1 cm³/mol. The molecule has 2 aliphatic carbocycles. The van der Waals surface area contributed by atoms with Gasteiger partial charge in [0, 0.05) is 5.69 Å². The average molecular weight is 295 g/mol. The second kappa shape index (κ2) is 5.58. The van der Waals surface area contributed by atoms with Crippen LogP contribution in [0.15, 0.2) is 42.5 Å². The third-order valence-electron chi connectivity index (χ3n) is 5.83. The number of fused-ring (bicyclic) bond motifs is 2. The molecule has 0 aromatic heterocycles. The highest BCUT2D eigenvalue weighted by molar-refractivity contribution is 5.85. The molecule has 2 heteroatoms. The van der Waals surface area contributed by atoms with Crippen molar-refractivity contribution in [3.63, 3.8) is 0 Å². The van der Waals surface area contributed by atoms with E-state index in [-0.39, 0.29) is 6.04 Å². The van der Waals surface area contributed by atoms with Gasteiger partial charge >= 0.3 is 0 Å². The van der Waals surface area contributed by atoms with E-state index in [4.69, 9.17) is 0 Å². The van der Waals surface area contributed by atoms with Crippen LogP contribution in [-0.2, 0) is 0 Å². The second-order valence-electron chi connectivity index (χ2n) is 7.12. The molecular weight excluding hydrogens is 270 g/mol. The normalized spacial score (nSPS) is 31.7. The number of anilines is 1. The molecular formula is C20H25NO. The quantitative estimate of drug-likeness (QED) is 0.840. The third kappa shape index (κ3) is 2.40. The SMILES string of the molecule is O[C@]12CCCC[C@@H]1CCC[C@H]2Nc1ccc2ccccc2c1. The molecule has 2 fully saturated rings. The maximum Gasteiger partial charge on any atom is 0.0875 e. The van der Waals surface area contributed by atoms with E-state index in [2.05, 4.69) is 47.8 Å². The van der Waals surface area contributed by atoms with Gasteiger partial charge in [-0.2, -0.15) is 0 Å². The highest BCUT2D eigenvalue weighted by Crippen LogP contribution is 2.44. The molecule has 3 atom stereocenters. The fourth-order valence-electron chi connectivity index (χ4n) is 4.60. The van der Waals surface area contributed by atoms with Gasteiger partial charge in [0.15, 0.2) is 0 Å². The lowest BCUT2D eigenvalue weighted by atomic mass is 9.65. The van der Waals surface area contributed by atoms with E-state index in [1.807, 2.05) is 0 Å². The first-order valence-electron chi connectivity index (χ1n) is 8.73. The Balaban J connectivity index is 1.60. The van der Waals surface area contributed by atoms with Crippen LogP contribution < -0.4 is 5.32 Å². The maximum atomic E-state index is 11.3. The largest absolute Gasteiger partial charge is 0.387 e. The topological polar surface area (TPSA) is 32.3 Å². The Morgan fingerprint density at radius 2 is 1.73 bits per heavy atom. The van der Waals surface area contributed by atoms with Gasteiger partial charge in [0.1, 0.15) is 0 Å². The van der Waals surface area contributed by atoms with Crippen molar-refractivity contribution >= 4 is 16.5 Å². The molecule has 2 aromatic rings. The van der Waals surface area contributed by atoms with E-state index in [0.717, 1.165) is 18.5 Å². The lowest BCUT2D eigenvalue weighted by molar-refractivity contribution is -0.0835. The highest BCUT2D eigenvalue weighted by Gasteiger charge is 2.47. The van der Waals surface area contributed by atoms with Gasteiger partial charge in [-0.3, -0.25) is 0 Å². The van der Waals surface area contributed by atoms with E-state index in [0.29, 0.717) is 5.92 Å². The van der Waals surface area contributed by atoms with Crippen molar-refractivity contribution in [1.29, 1.82) is 0 Å². The van der Waals surface area contributed by atoms with Crippen LogP contribution in [-0.4, -0.2) is 16.7 Å². The van der Waals surface area contributed by atoms with Gasteiger partial charge in [-0.05, 0) is 54.5 Å². The molecule has 0 saturated heterocycles. The van der Waals surface area contributed by atoms with E-state index < -0.39 is 5.60 Å². The van der Waals surface area contributed by atoms with E-state index >= 15 is 0 Å². The molecule has 4 rings (SSSR count). The molecule has 0 aliphatic heterocycles. The van der Waals surface area contributed by atoms with Gasteiger partial charge in [-0.1, -0.05) is 49.6 Å². The first-order chi connectivity index (χ1) is 10.8. The minimum atomic E-state index is -0.498. The standard InChI is InChI=1S/C20H25NO/c22-20-13-4-3-8-17(20)9-5-10-19(20)21-18-12-11-15-6-1-2-7-16(15)14-18/h1-2,6-7,11-12,14,17,19,21-22H,3-5,8-10,13H2/t17-,19-,20-/m1/s1. The van der Waals surface area contributed by atoms with Crippen LogP contribution >= 0.6 is 0 Å². The first-order valence-corrected chi connectivity index (χ1v) is 8.73. The zero-order valence-electron chi connectivity index (χ0n) is 13.1. The number of rotatable bonds is 2. The monoisotopic (exact) mass is 295 g/mol. The van der Waals surface area contributed by atoms with Crippen LogP contribution in [0.1, 0.15) is 44.9 Å². The fraction of sp³-hybridized carbons (Fsp3) is 0.500. The Hall–Kier alpha value is -1.54. The summed E-state index contributed by atoms with van der Waals surface area (Å²) < 4.78 is 0. The summed E-state index contributed by atoms with van der Waals surface area (Å²) >= 11 is 0. The molecule has 22 heavy (non-hydrogen) atoms. The van der Waals surface area contributed by atoms with Crippen LogP contribution in [0.4, 0.5) is 5.69 Å². The number of hydrogen-bond acceptors (Lipinski definition) is 2. The minimum Gasteiger partial charge on any atom is -0.387 e. The summed E-state index contributed by atoms with van der Waals surface area (Å²) in [5, 5.41) is 17.5. The zero-order chi connectivity index (χ0) is 15.0. The summed E-state index contributed by atoms with van der Waals surface area (Å²) in [6.45, 7) is 0. The lowest BCUT2D eigenvalue weighted by Crippen LogP contribution is -2.56. The number of benzene rings is 2. The van der Waals surface area contributed by atoms with Crippen LogP contribution in [0.3, 0.4) is 0 Å². The molecule has 2 N–H and O–H groups in total. The van der Waals surface area contributed by atoms with Crippen molar-refractivity contribution in [2.24, 2.45) is 5.92 Å². The van der Waals surface area contributed by atoms with Crippen molar-refractivity contribution in [3.05, 3.63) is 42.5 Å². The Morgan fingerprint density at radius 1 is 0.909 bits per heavy atom. The van der Waals surface area contributed by atoms with Gasteiger partial charge in [0.25, 0.3) is 0 Å². The molecule has 2 aromatic carbocycles. The highest BCUT2D eigenvalue weighted by atomic mass is 16.3. The molecule has 0 bridgehead atoms. The minimum absolute atomic E-state index is 0.202. The van der Waals surface area contributed by atoms with Gasteiger partial charge in [0.05, 0.1) is 11.6 Å². The third-order valence-corrected chi connectivity index (χ3v) is 5.83. The molecule has 0 amide bonds. The van der Waals surface area contributed by atoms with Crippen LogP contribution in [0.25, 0.3) is 10.8 Å². The zero-order valence-corrected chi connectivity index (χ0v) is 13.1. The Morgan fingerprint density at radius 3 is 2.64 bits per heavy atom. The van der Waals surface area contributed by atoms with Gasteiger partial charge < -0.3 is 10.4 Å². The summed E-state index contributed by atoms with van der Waals surface area (Å²) in [6.07, 6.45) is 8.14. The van der Waals surface area contributed by atoms with Gasteiger partial charge in [-0.15, -0.1) is 0 Å². The van der Waals surface area contributed by atoms with E-state index in [9.17, 15) is 5.11 Å². The van der Waals surface area contributed by atoms with Crippen LogP contribution in [0.2, 0.25) is 0 Å².